The fourth-order valence-electron chi connectivity index (χ4n) is 2.63. The van der Waals surface area contributed by atoms with Gasteiger partial charge in [-0.1, -0.05) is 17.7 Å². The van der Waals surface area contributed by atoms with Gasteiger partial charge >= 0.3 is 0 Å². The Morgan fingerprint density at radius 2 is 2.17 bits per heavy atom. The Hall–Kier alpha value is -2.03. The molecule has 1 aliphatic rings. The van der Waals surface area contributed by atoms with Crippen molar-refractivity contribution in [1.82, 2.24) is 0 Å². The highest BCUT2D eigenvalue weighted by molar-refractivity contribution is 6.03. The van der Waals surface area contributed by atoms with Crippen molar-refractivity contribution < 1.29 is 9.21 Å². The maximum Gasteiger partial charge on any atom is 0.232 e. The smallest absolute Gasteiger partial charge is 0.232 e. The molecule has 0 radical (unpaired) electrons. The molecule has 0 aliphatic carbocycles. The fraction of sp³-hybridized carbons (Fsp3) is 0.267. The molecule has 2 heterocycles. The third kappa shape index (κ3) is 1.72. The van der Waals surface area contributed by atoms with Crippen molar-refractivity contribution >= 4 is 11.6 Å². The van der Waals surface area contributed by atoms with E-state index >= 15 is 0 Å². The highest BCUT2D eigenvalue weighted by Crippen LogP contribution is 2.37. The van der Waals surface area contributed by atoms with Crippen LogP contribution in [0.15, 0.2) is 34.9 Å². The summed E-state index contributed by atoms with van der Waals surface area (Å²) in [6, 6.07) is 7.95. The molecule has 0 fully saturated rings. The van der Waals surface area contributed by atoms with Crippen LogP contribution in [0.4, 0.5) is 5.69 Å². The number of amides is 1. The Labute approximate surface area is 106 Å². The van der Waals surface area contributed by atoms with Crippen LogP contribution in [0.25, 0.3) is 0 Å². The summed E-state index contributed by atoms with van der Waals surface area (Å²) in [6.07, 6.45) is 2.26. The number of hydrogen-bond donors (Lipinski definition) is 1. The Balaban J connectivity index is 2.01. The predicted molar refractivity (Wildman–Crippen MR) is 69.7 cm³/mol. The van der Waals surface area contributed by atoms with Gasteiger partial charge in [0.05, 0.1) is 12.2 Å². The van der Waals surface area contributed by atoms with Crippen molar-refractivity contribution in [3.63, 3.8) is 0 Å². The van der Waals surface area contributed by atoms with Crippen LogP contribution in [-0.4, -0.2) is 5.91 Å². The van der Waals surface area contributed by atoms with Gasteiger partial charge in [-0.3, -0.25) is 4.79 Å². The molecule has 1 N–H and O–H groups in total. The van der Waals surface area contributed by atoms with E-state index in [0.717, 1.165) is 22.6 Å². The summed E-state index contributed by atoms with van der Waals surface area (Å²) in [4.78, 5) is 12.1. The minimum absolute atomic E-state index is 0.0649. The second-order valence-electron chi connectivity index (χ2n) is 4.87. The number of benzene rings is 1. The molecule has 1 aliphatic heterocycles. The maximum atomic E-state index is 12.1. The molecule has 0 saturated carbocycles. The van der Waals surface area contributed by atoms with Crippen molar-refractivity contribution in [2.45, 2.75) is 26.2 Å². The molecule has 1 aromatic heterocycles. The molecular formula is C15H15NO2. The lowest BCUT2D eigenvalue weighted by molar-refractivity contribution is -0.117. The van der Waals surface area contributed by atoms with E-state index < -0.39 is 0 Å². The van der Waals surface area contributed by atoms with Gasteiger partial charge in [0.2, 0.25) is 5.91 Å². The molecule has 0 bridgehead atoms. The molecule has 3 nitrogen and oxygen atoms in total. The van der Waals surface area contributed by atoms with Gasteiger partial charge in [0.15, 0.2) is 0 Å². The SMILES string of the molecule is Cc1cc(C)c2c(c1)C(Cc1ccco1)C(=O)N2. The summed E-state index contributed by atoms with van der Waals surface area (Å²) in [5.41, 5.74) is 4.38. The van der Waals surface area contributed by atoms with Crippen molar-refractivity contribution in [1.29, 1.82) is 0 Å². The lowest BCUT2D eigenvalue weighted by atomic mass is 9.93. The van der Waals surface area contributed by atoms with Gasteiger partial charge in [0.25, 0.3) is 0 Å². The van der Waals surface area contributed by atoms with Gasteiger partial charge in [-0.05, 0) is 37.1 Å². The Kier molecular flexibility index (Phi) is 2.47. The molecule has 0 saturated heterocycles. The number of rotatable bonds is 2. The Morgan fingerprint density at radius 3 is 2.89 bits per heavy atom. The van der Waals surface area contributed by atoms with E-state index in [1.165, 1.54) is 5.56 Å². The topological polar surface area (TPSA) is 42.2 Å². The average molecular weight is 241 g/mol. The highest BCUT2D eigenvalue weighted by atomic mass is 16.3. The molecular weight excluding hydrogens is 226 g/mol. The minimum Gasteiger partial charge on any atom is -0.469 e. The van der Waals surface area contributed by atoms with Crippen LogP contribution in [0.1, 0.15) is 28.4 Å². The van der Waals surface area contributed by atoms with E-state index in [4.69, 9.17) is 4.42 Å². The number of hydrogen-bond acceptors (Lipinski definition) is 2. The summed E-state index contributed by atoms with van der Waals surface area (Å²) < 4.78 is 5.34. The minimum atomic E-state index is -0.134. The van der Waals surface area contributed by atoms with Crippen LogP contribution < -0.4 is 5.32 Å². The van der Waals surface area contributed by atoms with Crippen molar-refractivity contribution in [2.75, 3.05) is 5.32 Å². The maximum absolute atomic E-state index is 12.1. The van der Waals surface area contributed by atoms with E-state index in [2.05, 4.69) is 24.4 Å². The number of nitrogens with one attached hydrogen (secondary N) is 1. The number of anilines is 1. The second kappa shape index (κ2) is 4.02. The lowest BCUT2D eigenvalue weighted by Gasteiger charge is -2.08. The second-order valence-corrected chi connectivity index (χ2v) is 4.87. The van der Waals surface area contributed by atoms with Gasteiger partial charge in [-0.15, -0.1) is 0 Å². The highest BCUT2D eigenvalue weighted by Gasteiger charge is 2.32. The van der Waals surface area contributed by atoms with E-state index in [9.17, 15) is 4.79 Å². The molecule has 1 aromatic carbocycles. The third-order valence-electron chi connectivity index (χ3n) is 3.44. The number of carbonyl (C=O) groups is 1. The van der Waals surface area contributed by atoms with Crippen LogP contribution in [-0.2, 0) is 11.2 Å². The average Bonchev–Trinajstić information content (AvgIpc) is 2.91. The zero-order valence-corrected chi connectivity index (χ0v) is 10.5. The van der Waals surface area contributed by atoms with E-state index in [1.807, 2.05) is 19.1 Å². The van der Waals surface area contributed by atoms with Crippen LogP contribution in [0.2, 0.25) is 0 Å². The van der Waals surface area contributed by atoms with E-state index in [0.29, 0.717) is 6.42 Å². The summed E-state index contributed by atoms with van der Waals surface area (Å²) in [6.45, 7) is 4.08. The number of furan rings is 1. The molecule has 2 aromatic rings. The predicted octanol–water partition coefficient (Wildman–Crippen LogP) is 3.17. The number of carbonyl (C=O) groups excluding carboxylic acids is 1. The Bertz CT molecular complexity index is 599. The molecule has 1 amide bonds. The monoisotopic (exact) mass is 241 g/mol. The summed E-state index contributed by atoms with van der Waals surface area (Å²) in [5.74, 6) is 0.780. The van der Waals surface area contributed by atoms with Gasteiger partial charge < -0.3 is 9.73 Å². The molecule has 1 unspecified atom stereocenters. The first-order valence-electron chi connectivity index (χ1n) is 6.09. The van der Waals surface area contributed by atoms with Crippen molar-refractivity contribution in [2.24, 2.45) is 0 Å². The molecule has 92 valence electrons. The van der Waals surface area contributed by atoms with Crippen LogP contribution in [0, 0.1) is 13.8 Å². The number of aryl methyl sites for hydroxylation is 2. The lowest BCUT2D eigenvalue weighted by Crippen LogP contribution is -2.14. The van der Waals surface area contributed by atoms with Gasteiger partial charge in [0, 0.05) is 12.1 Å². The third-order valence-corrected chi connectivity index (χ3v) is 3.44. The van der Waals surface area contributed by atoms with Crippen LogP contribution in [0.3, 0.4) is 0 Å². The van der Waals surface area contributed by atoms with E-state index in [1.54, 1.807) is 6.26 Å². The molecule has 3 heteroatoms. The van der Waals surface area contributed by atoms with E-state index in [-0.39, 0.29) is 11.8 Å². The zero-order chi connectivity index (χ0) is 12.7. The molecule has 18 heavy (non-hydrogen) atoms. The Morgan fingerprint density at radius 1 is 1.33 bits per heavy atom. The first kappa shape index (κ1) is 11.1. The standard InChI is InChI=1S/C15H15NO2/c1-9-6-10(2)14-12(7-9)13(15(17)16-14)8-11-4-3-5-18-11/h3-7,13H,8H2,1-2H3,(H,16,17). The van der Waals surface area contributed by atoms with Gasteiger partial charge in [-0.2, -0.15) is 0 Å². The first-order chi connectivity index (χ1) is 8.65. The molecule has 0 spiro atoms. The molecule has 3 rings (SSSR count). The fourth-order valence-corrected chi connectivity index (χ4v) is 2.63. The largest absolute Gasteiger partial charge is 0.469 e. The van der Waals surface area contributed by atoms with Gasteiger partial charge in [-0.25, -0.2) is 0 Å². The summed E-state index contributed by atoms with van der Waals surface area (Å²) >= 11 is 0. The van der Waals surface area contributed by atoms with Gasteiger partial charge in [0.1, 0.15) is 5.76 Å². The van der Waals surface area contributed by atoms with Crippen molar-refractivity contribution in [3.05, 3.63) is 53.0 Å². The first-order valence-corrected chi connectivity index (χ1v) is 6.09. The zero-order valence-electron chi connectivity index (χ0n) is 10.5. The normalized spacial score (nSPS) is 17.7. The summed E-state index contributed by atoms with van der Waals surface area (Å²) in [7, 11) is 0. The number of fused-ring (bicyclic) bond motifs is 1. The quantitative estimate of drug-likeness (QED) is 0.877. The van der Waals surface area contributed by atoms with Crippen LogP contribution >= 0.6 is 0 Å². The summed E-state index contributed by atoms with van der Waals surface area (Å²) in [5, 5.41) is 2.97. The molecule has 1 atom stereocenters. The van der Waals surface area contributed by atoms with Crippen molar-refractivity contribution in [3.8, 4) is 0 Å². The van der Waals surface area contributed by atoms with Crippen LogP contribution in [0.5, 0.6) is 0 Å².